The molecule has 0 aliphatic carbocycles. The van der Waals surface area contributed by atoms with E-state index < -0.39 is 10.0 Å². The fraction of sp³-hybridized carbons (Fsp3) is 0.300. The number of benzene rings is 2. The van der Waals surface area contributed by atoms with Crippen LogP contribution in [0, 0.1) is 6.92 Å². The highest BCUT2D eigenvalue weighted by molar-refractivity contribution is 7.89. The van der Waals surface area contributed by atoms with Crippen molar-refractivity contribution in [3.05, 3.63) is 64.8 Å². The summed E-state index contributed by atoms with van der Waals surface area (Å²) in [5, 5.41) is 1.77. The van der Waals surface area contributed by atoms with E-state index in [-0.39, 0.29) is 5.92 Å². The van der Waals surface area contributed by atoms with Gasteiger partial charge in [-0.25, -0.2) is 8.42 Å². The van der Waals surface area contributed by atoms with Crippen LogP contribution in [0.15, 0.2) is 53.4 Å². The maximum Gasteiger partial charge on any atom is 0.243 e. The van der Waals surface area contributed by atoms with E-state index in [2.05, 4.69) is 11.1 Å². The van der Waals surface area contributed by atoms with E-state index in [0.717, 1.165) is 35.0 Å². The Bertz CT molecular complexity index is 1060. The van der Waals surface area contributed by atoms with Crippen LogP contribution in [-0.2, 0) is 10.0 Å². The molecule has 0 amide bonds. The molecule has 0 bridgehead atoms. The van der Waals surface area contributed by atoms with Gasteiger partial charge in [0.15, 0.2) is 0 Å². The lowest BCUT2D eigenvalue weighted by molar-refractivity contribution is 0.313. The molecule has 3 aromatic rings. The molecule has 1 unspecified atom stereocenters. The Morgan fingerprint density at radius 3 is 2.81 bits per heavy atom. The quantitative estimate of drug-likeness (QED) is 0.707. The second-order valence-electron chi connectivity index (χ2n) is 6.97. The first kappa shape index (κ1) is 17.6. The normalized spacial score (nSPS) is 19.1. The van der Waals surface area contributed by atoms with Crippen LogP contribution in [0.3, 0.4) is 0 Å². The van der Waals surface area contributed by atoms with Gasteiger partial charge in [-0.2, -0.15) is 4.31 Å². The number of nitrogens with zero attached hydrogens (tertiary/aromatic N) is 1. The van der Waals surface area contributed by atoms with Gasteiger partial charge in [-0.1, -0.05) is 23.7 Å². The van der Waals surface area contributed by atoms with Crippen LogP contribution >= 0.6 is 11.6 Å². The number of sulfonamides is 1. The van der Waals surface area contributed by atoms with Crippen LogP contribution in [0.4, 0.5) is 0 Å². The summed E-state index contributed by atoms with van der Waals surface area (Å²) in [5.41, 5.74) is 3.06. The molecule has 1 saturated heterocycles. The summed E-state index contributed by atoms with van der Waals surface area (Å²) >= 11 is 6.08. The number of rotatable bonds is 3. The predicted molar refractivity (Wildman–Crippen MR) is 105 cm³/mol. The number of aromatic amines is 1. The molecule has 1 fully saturated rings. The maximum atomic E-state index is 13.0. The van der Waals surface area contributed by atoms with E-state index in [1.54, 1.807) is 22.5 Å². The van der Waals surface area contributed by atoms with Gasteiger partial charge in [0.1, 0.15) is 0 Å². The van der Waals surface area contributed by atoms with Crippen molar-refractivity contribution in [2.75, 3.05) is 13.1 Å². The summed E-state index contributed by atoms with van der Waals surface area (Å²) in [5.74, 6) is 0.162. The van der Waals surface area contributed by atoms with Crippen LogP contribution in [0.1, 0.15) is 30.0 Å². The molecule has 1 aliphatic rings. The van der Waals surface area contributed by atoms with E-state index in [9.17, 15) is 8.42 Å². The third-order valence-electron chi connectivity index (χ3n) is 5.05. The Morgan fingerprint density at radius 1 is 1.15 bits per heavy atom. The lowest BCUT2D eigenvalue weighted by Gasteiger charge is -2.31. The zero-order chi connectivity index (χ0) is 18.3. The molecule has 4 rings (SSSR count). The van der Waals surface area contributed by atoms with Crippen LogP contribution in [0.2, 0.25) is 5.02 Å². The summed E-state index contributed by atoms with van der Waals surface area (Å²) in [4.78, 5) is 3.81. The second kappa shape index (κ2) is 6.72. The number of hydrogen-bond acceptors (Lipinski definition) is 2. The number of aromatic nitrogens is 1. The van der Waals surface area contributed by atoms with Gasteiger partial charge in [-0.15, -0.1) is 0 Å². The van der Waals surface area contributed by atoms with Crippen molar-refractivity contribution in [3.8, 4) is 0 Å². The van der Waals surface area contributed by atoms with Crippen molar-refractivity contribution in [1.82, 2.24) is 9.29 Å². The second-order valence-corrected chi connectivity index (χ2v) is 9.35. The first-order valence-electron chi connectivity index (χ1n) is 8.78. The molecule has 1 aliphatic heterocycles. The minimum Gasteiger partial charge on any atom is -0.358 e. The minimum absolute atomic E-state index is 0.162. The molecule has 2 heterocycles. The lowest BCUT2D eigenvalue weighted by Crippen LogP contribution is -2.39. The first-order valence-corrected chi connectivity index (χ1v) is 10.6. The Kier molecular flexibility index (Phi) is 4.55. The average Bonchev–Trinajstić information content (AvgIpc) is 3.05. The van der Waals surface area contributed by atoms with Gasteiger partial charge in [-0.3, -0.25) is 0 Å². The molecular formula is C20H21ClN2O2S. The summed E-state index contributed by atoms with van der Waals surface area (Å²) in [6.45, 7) is 2.98. The molecule has 1 atom stereocenters. The van der Waals surface area contributed by atoms with E-state index >= 15 is 0 Å². The molecule has 2 aromatic carbocycles. The zero-order valence-corrected chi connectivity index (χ0v) is 16.1. The SMILES string of the molecule is Cc1cccc(S(=O)(=O)N2CCCC(c3cc4cc(Cl)ccc4[nH]3)C2)c1. The van der Waals surface area contributed by atoms with Crippen LogP contribution in [0.5, 0.6) is 0 Å². The number of H-pyrrole nitrogens is 1. The van der Waals surface area contributed by atoms with Gasteiger partial charge in [0.2, 0.25) is 10.0 Å². The van der Waals surface area contributed by atoms with Crippen molar-refractivity contribution in [2.45, 2.75) is 30.6 Å². The van der Waals surface area contributed by atoms with Crippen molar-refractivity contribution >= 4 is 32.5 Å². The maximum absolute atomic E-state index is 13.0. The minimum atomic E-state index is -3.46. The summed E-state index contributed by atoms with van der Waals surface area (Å²) in [7, 11) is -3.46. The topological polar surface area (TPSA) is 53.2 Å². The Balaban J connectivity index is 1.62. The molecule has 136 valence electrons. The first-order chi connectivity index (χ1) is 12.4. The fourth-order valence-electron chi connectivity index (χ4n) is 3.69. The van der Waals surface area contributed by atoms with E-state index in [1.807, 2.05) is 31.2 Å². The lowest BCUT2D eigenvalue weighted by atomic mass is 9.96. The Morgan fingerprint density at radius 2 is 2.00 bits per heavy atom. The van der Waals surface area contributed by atoms with Gasteiger partial charge >= 0.3 is 0 Å². The highest BCUT2D eigenvalue weighted by atomic mass is 35.5. The predicted octanol–water partition coefficient (Wildman–Crippen LogP) is 4.70. The number of halogens is 1. The molecule has 0 radical (unpaired) electrons. The van der Waals surface area contributed by atoms with Crippen LogP contribution in [0.25, 0.3) is 10.9 Å². The molecular weight excluding hydrogens is 368 g/mol. The van der Waals surface area contributed by atoms with Gasteiger partial charge in [0.25, 0.3) is 0 Å². The van der Waals surface area contributed by atoms with E-state index in [0.29, 0.717) is 23.0 Å². The number of nitrogens with one attached hydrogen (secondary N) is 1. The molecule has 0 saturated carbocycles. The summed E-state index contributed by atoms with van der Waals surface area (Å²) in [6.07, 6.45) is 1.83. The number of aryl methyl sites for hydroxylation is 1. The average molecular weight is 389 g/mol. The molecule has 26 heavy (non-hydrogen) atoms. The molecule has 4 nitrogen and oxygen atoms in total. The van der Waals surface area contributed by atoms with E-state index in [4.69, 9.17) is 11.6 Å². The standard InChI is InChI=1S/C20H21ClN2O2S/c1-14-4-2-6-18(10-14)26(24,25)23-9-3-5-15(13-23)20-12-16-11-17(21)7-8-19(16)22-20/h2,4,6-8,10-12,15,22H,3,5,9,13H2,1H3. The van der Waals surface area contributed by atoms with Crippen molar-refractivity contribution in [2.24, 2.45) is 0 Å². The number of piperidine rings is 1. The van der Waals surface area contributed by atoms with Crippen LogP contribution in [-0.4, -0.2) is 30.8 Å². The number of hydrogen-bond donors (Lipinski definition) is 1. The Labute approximate surface area is 158 Å². The number of fused-ring (bicyclic) bond motifs is 1. The molecule has 0 spiro atoms. The zero-order valence-electron chi connectivity index (χ0n) is 14.6. The summed E-state index contributed by atoms with van der Waals surface area (Å²) in [6, 6.07) is 15.0. The van der Waals surface area contributed by atoms with Crippen molar-refractivity contribution in [3.63, 3.8) is 0 Å². The monoisotopic (exact) mass is 388 g/mol. The van der Waals surface area contributed by atoms with Crippen molar-refractivity contribution < 1.29 is 8.42 Å². The van der Waals surface area contributed by atoms with Gasteiger partial charge in [0, 0.05) is 40.6 Å². The Hall–Kier alpha value is -1.82. The van der Waals surface area contributed by atoms with Crippen LogP contribution < -0.4 is 0 Å². The van der Waals surface area contributed by atoms with Gasteiger partial charge in [0.05, 0.1) is 4.90 Å². The molecule has 1 N–H and O–H groups in total. The molecule has 6 heteroatoms. The third-order valence-corrected chi connectivity index (χ3v) is 7.15. The largest absolute Gasteiger partial charge is 0.358 e. The fourth-order valence-corrected chi connectivity index (χ4v) is 5.50. The van der Waals surface area contributed by atoms with E-state index in [1.165, 1.54) is 0 Å². The molecule has 1 aromatic heterocycles. The third kappa shape index (κ3) is 3.27. The highest BCUT2D eigenvalue weighted by Gasteiger charge is 2.31. The van der Waals surface area contributed by atoms with Gasteiger partial charge < -0.3 is 4.98 Å². The highest BCUT2D eigenvalue weighted by Crippen LogP contribution is 2.32. The smallest absolute Gasteiger partial charge is 0.243 e. The summed E-state index contributed by atoms with van der Waals surface area (Å²) < 4.78 is 27.7. The van der Waals surface area contributed by atoms with Crippen molar-refractivity contribution in [1.29, 1.82) is 0 Å². The van der Waals surface area contributed by atoms with Gasteiger partial charge in [-0.05, 0) is 61.7 Å².